The number of nitrogens with one attached hydrogen (secondary N) is 2. The lowest BCUT2D eigenvalue weighted by molar-refractivity contribution is -0.119. The lowest BCUT2D eigenvalue weighted by Gasteiger charge is -2.10. The van der Waals surface area contributed by atoms with Gasteiger partial charge in [-0.2, -0.15) is 0 Å². The van der Waals surface area contributed by atoms with Crippen molar-refractivity contribution >= 4 is 11.6 Å². The lowest BCUT2D eigenvalue weighted by atomic mass is 10.1. The molecule has 0 aliphatic heterocycles. The van der Waals surface area contributed by atoms with Crippen LogP contribution in [0.4, 0.5) is 5.69 Å². The van der Waals surface area contributed by atoms with Gasteiger partial charge >= 0.3 is 0 Å². The minimum Gasteiger partial charge on any atom is -0.376 e. The van der Waals surface area contributed by atoms with Gasteiger partial charge < -0.3 is 15.5 Å². The molecule has 0 fully saturated rings. The van der Waals surface area contributed by atoms with E-state index in [-0.39, 0.29) is 5.91 Å². The molecule has 1 amide bonds. The van der Waals surface area contributed by atoms with Crippen LogP contribution in [0.3, 0.4) is 0 Å². The number of amides is 1. The van der Waals surface area contributed by atoms with Crippen LogP contribution in [0.25, 0.3) is 0 Å². The van der Waals surface area contributed by atoms with Crippen molar-refractivity contribution in [2.75, 3.05) is 39.0 Å². The molecule has 0 aliphatic carbocycles. The van der Waals surface area contributed by atoms with Crippen molar-refractivity contribution in [3.63, 3.8) is 0 Å². The number of hydrogen-bond donors (Lipinski definition) is 2. The molecule has 0 aliphatic rings. The summed E-state index contributed by atoms with van der Waals surface area (Å²) in [5, 5.41) is 6.03. The maximum absolute atomic E-state index is 11.6. The Balaban J connectivity index is 2.18. The standard InChI is InChI=1S/C15H25N3O/c1-4-13-6-8-14(9-7-13)17-12-15(19)16-10-5-11-18(2)3/h6-9,17H,4-5,10-12H2,1-3H3,(H,16,19). The first-order valence-corrected chi connectivity index (χ1v) is 6.86. The van der Waals surface area contributed by atoms with Gasteiger partial charge in [-0.25, -0.2) is 0 Å². The molecule has 0 spiro atoms. The van der Waals surface area contributed by atoms with Gasteiger partial charge in [-0.3, -0.25) is 4.79 Å². The van der Waals surface area contributed by atoms with E-state index in [1.807, 2.05) is 26.2 Å². The Labute approximate surface area is 116 Å². The van der Waals surface area contributed by atoms with Crippen molar-refractivity contribution in [3.05, 3.63) is 29.8 Å². The first kappa shape index (κ1) is 15.5. The monoisotopic (exact) mass is 263 g/mol. The molecule has 4 nitrogen and oxygen atoms in total. The van der Waals surface area contributed by atoms with Crippen LogP contribution in [-0.2, 0) is 11.2 Å². The highest BCUT2D eigenvalue weighted by molar-refractivity contribution is 5.80. The van der Waals surface area contributed by atoms with Gasteiger partial charge in [-0.15, -0.1) is 0 Å². The lowest BCUT2D eigenvalue weighted by Crippen LogP contribution is -2.31. The molecule has 4 heteroatoms. The Hall–Kier alpha value is -1.55. The predicted octanol–water partition coefficient (Wildman–Crippen LogP) is 1.73. The van der Waals surface area contributed by atoms with Gasteiger partial charge in [-0.05, 0) is 51.2 Å². The molecular formula is C15H25N3O. The number of rotatable bonds is 8. The van der Waals surface area contributed by atoms with Crippen LogP contribution in [0.5, 0.6) is 0 Å². The van der Waals surface area contributed by atoms with Crippen molar-refractivity contribution in [1.29, 1.82) is 0 Å². The normalized spacial score (nSPS) is 10.5. The fraction of sp³-hybridized carbons (Fsp3) is 0.533. The van der Waals surface area contributed by atoms with Crippen molar-refractivity contribution in [1.82, 2.24) is 10.2 Å². The summed E-state index contributed by atoms with van der Waals surface area (Å²) in [5.74, 6) is 0.0401. The molecule has 0 heterocycles. The predicted molar refractivity (Wildman–Crippen MR) is 80.5 cm³/mol. The number of carbonyl (C=O) groups excluding carboxylic acids is 1. The summed E-state index contributed by atoms with van der Waals surface area (Å²) in [5.41, 5.74) is 2.29. The number of benzene rings is 1. The second-order valence-corrected chi connectivity index (χ2v) is 4.91. The van der Waals surface area contributed by atoms with E-state index in [1.165, 1.54) is 5.56 Å². The molecule has 0 radical (unpaired) electrons. The van der Waals surface area contributed by atoms with E-state index in [0.717, 1.165) is 31.6 Å². The molecule has 0 aromatic heterocycles. The third-order valence-corrected chi connectivity index (χ3v) is 2.92. The first-order valence-electron chi connectivity index (χ1n) is 6.86. The Bertz CT molecular complexity index is 373. The third kappa shape index (κ3) is 6.82. The van der Waals surface area contributed by atoms with Crippen LogP contribution < -0.4 is 10.6 Å². The van der Waals surface area contributed by atoms with Crippen LogP contribution in [-0.4, -0.2) is 44.5 Å². The SMILES string of the molecule is CCc1ccc(NCC(=O)NCCCN(C)C)cc1. The summed E-state index contributed by atoms with van der Waals surface area (Å²) in [6.07, 6.45) is 2.01. The van der Waals surface area contributed by atoms with Crippen molar-refractivity contribution in [2.24, 2.45) is 0 Å². The second-order valence-electron chi connectivity index (χ2n) is 4.91. The Morgan fingerprint density at radius 3 is 2.47 bits per heavy atom. The van der Waals surface area contributed by atoms with Crippen LogP contribution in [0.15, 0.2) is 24.3 Å². The second kappa shape index (κ2) is 8.53. The van der Waals surface area contributed by atoms with Gasteiger partial charge in [-0.1, -0.05) is 19.1 Å². The van der Waals surface area contributed by atoms with Gasteiger partial charge in [0.05, 0.1) is 6.54 Å². The quantitative estimate of drug-likeness (QED) is 0.702. The molecule has 106 valence electrons. The molecule has 2 N–H and O–H groups in total. The van der Waals surface area contributed by atoms with E-state index in [9.17, 15) is 4.79 Å². The average molecular weight is 263 g/mol. The Morgan fingerprint density at radius 2 is 1.89 bits per heavy atom. The first-order chi connectivity index (χ1) is 9.11. The molecule has 0 unspecified atom stereocenters. The Morgan fingerprint density at radius 1 is 1.21 bits per heavy atom. The highest BCUT2D eigenvalue weighted by atomic mass is 16.1. The summed E-state index contributed by atoms with van der Waals surface area (Å²) in [6, 6.07) is 8.19. The molecule has 0 saturated carbocycles. The molecule has 1 aromatic rings. The number of anilines is 1. The summed E-state index contributed by atoms with van der Waals surface area (Å²) < 4.78 is 0. The molecule has 0 bridgehead atoms. The zero-order valence-electron chi connectivity index (χ0n) is 12.2. The highest BCUT2D eigenvalue weighted by Crippen LogP contribution is 2.09. The van der Waals surface area contributed by atoms with Gasteiger partial charge in [0.25, 0.3) is 0 Å². The molecule has 0 atom stereocenters. The van der Waals surface area contributed by atoms with E-state index in [1.54, 1.807) is 0 Å². The number of carbonyl (C=O) groups is 1. The molecule has 1 rings (SSSR count). The van der Waals surface area contributed by atoms with Gasteiger partial charge in [0.2, 0.25) is 5.91 Å². The van der Waals surface area contributed by atoms with Gasteiger partial charge in [0, 0.05) is 12.2 Å². The topological polar surface area (TPSA) is 44.4 Å². The van der Waals surface area contributed by atoms with Crippen LogP contribution in [0, 0.1) is 0 Å². The van der Waals surface area contributed by atoms with Gasteiger partial charge in [0.15, 0.2) is 0 Å². The third-order valence-electron chi connectivity index (χ3n) is 2.92. The molecular weight excluding hydrogens is 238 g/mol. The van der Waals surface area contributed by atoms with Crippen LogP contribution >= 0.6 is 0 Å². The largest absolute Gasteiger partial charge is 0.376 e. The molecule has 0 saturated heterocycles. The van der Waals surface area contributed by atoms with Crippen LogP contribution in [0.2, 0.25) is 0 Å². The number of nitrogens with zero attached hydrogens (tertiary/aromatic N) is 1. The summed E-state index contributed by atoms with van der Waals surface area (Å²) in [7, 11) is 4.06. The summed E-state index contributed by atoms with van der Waals surface area (Å²) in [4.78, 5) is 13.7. The van der Waals surface area contributed by atoms with E-state index in [0.29, 0.717) is 6.54 Å². The number of hydrogen-bond acceptors (Lipinski definition) is 3. The van der Waals surface area contributed by atoms with Crippen molar-refractivity contribution in [2.45, 2.75) is 19.8 Å². The molecule has 19 heavy (non-hydrogen) atoms. The Kier molecular flexibility index (Phi) is 6.97. The van der Waals surface area contributed by atoms with E-state index in [4.69, 9.17) is 0 Å². The maximum Gasteiger partial charge on any atom is 0.239 e. The zero-order chi connectivity index (χ0) is 14.1. The fourth-order valence-corrected chi connectivity index (χ4v) is 1.73. The fourth-order valence-electron chi connectivity index (χ4n) is 1.73. The average Bonchev–Trinajstić information content (AvgIpc) is 2.41. The smallest absolute Gasteiger partial charge is 0.239 e. The molecule has 1 aromatic carbocycles. The van der Waals surface area contributed by atoms with E-state index in [2.05, 4.69) is 34.6 Å². The van der Waals surface area contributed by atoms with E-state index < -0.39 is 0 Å². The highest BCUT2D eigenvalue weighted by Gasteiger charge is 2.00. The van der Waals surface area contributed by atoms with Crippen molar-refractivity contribution < 1.29 is 4.79 Å². The zero-order valence-corrected chi connectivity index (χ0v) is 12.2. The summed E-state index contributed by atoms with van der Waals surface area (Å²) in [6.45, 7) is 4.18. The van der Waals surface area contributed by atoms with Crippen LogP contribution in [0.1, 0.15) is 18.9 Å². The minimum atomic E-state index is 0.0401. The summed E-state index contributed by atoms with van der Waals surface area (Å²) >= 11 is 0. The van der Waals surface area contributed by atoms with Crippen molar-refractivity contribution in [3.8, 4) is 0 Å². The van der Waals surface area contributed by atoms with Gasteiger partial charge in [0.1, 0.15) is 0 Å². The number of aryl methyl sites for hydroxylation is 1. The minimum absolute atomic E-state index is 0.0401. The maximum atomic E-state index is 11.6. The van der Waals surface area contributed by atoms with E-state index >= 15 is 0 Å².